The number of nitro groups is 1. The fourth-order valence-corrected chi connectivity index (χ4v) is 3.90. The van der Waals surface area contributed by atoms with Gasteiger partial charge in [0.05, 0.1) is 21.7 Å². The fraction of sp³-hybridized carbons (Fsp3) is 0.167. The summed E-state index contributed by atoms with van der Waals surface area (Å²) in [7, 11) is -3.84. The lowest BCUT2D eigenvalue weighted by atomic mass is 10.2. The van der Waals surface area contributed by atoms with Crippen LogP contribution < -0.4 is 4.72 Å². The second kappa shape index (κ2) is 7.68. The van der Waals surface area contributed by atoms with Crippen molar-refractivity contribution in [1.82, 2.24) is 14.5 Å². The van der Waals surface area contributed by atoms with Crippen LogP contribution in [0.5, 0.6) is 0 Å². The zero-order valence-electron chi connectivity index (χ0n) is 14.6. The lowest BCUT2D eigenvalue weighted by Crippen LogP contribution is -2.26. The molecule has 0 spiro atoms. The Bertz CT molecular complexity index is 1060. The number of hydrogen-bond acceptors (Lipinski definition) is 5. The predicted molar refractivity (Wildman–Crippen MR) is 100 cm³/mol. The maximum absolute atomic E-state index is 12.5. The van der Waals surface area contributed by atoms with Crippen LogP contribution in [-0.2, 0) is 16.4 Å². The molecule has 0 aliphatic rings. The zero-order valence-corrected chi connectivity index (χ0v) is 15.4. The van der Waals surface area contributed by atoms with Crippen LogP contribution in [-0.4, -0.2) is 29.7 Å². The monoisotopic (exact) mass is 386 g/mol. The summed E-state index contributed by atoms with van der Waals surface area (Å²) in [6.07, 6.45) is 3.96. The van der Waals surface area contributed by atoms with E-state index in [2.05, 4.69) is 9.82 Å². The zero-order chi connectivity index (χ0) is 19.4. The largest absolute Gasteiger partial charge is 0.270 e. The van der Waals surface area contributed by atoms with Crippen molar-refractivity contribution in [2.24, 2.45) is 0 Å². The van der Waals surface area contributed by atoms with E-state index in [1.165, 1.54) is 12.1 Å². The van der Waals surface area contributed by atoms with E-state index in [-0.39, 0.29) is 17.1 Å². The molecule has 8 nitrogen and oxygen atoms in total. The first-order chi connectivity index (χ1) is 12.9. The van der Waals surface area contributed by atoms with E-state index in [0.29, 0.717) is 12.0 Å². The molecule has 3 aromatic rings. The second-order valence-electron chi connectivity index (χ2n) is 5.98. The van der Waals surface area contributed by atoms with Gasteiger partial charge < -0.3 is 0 Å². The summed E-state index contributed by atoms with van der Waals surface area (Å²) in [5.41, 5.74) is 1.98. The maximum Gasteiger partial charge on any atom is 0.270 e. The Balaban J connectivity index is 1.68. The molecule has 0 amide bonds. The fourth-order valence-electron chi connectivity index (χ4n) is 2.61. The molecule has 0 saturated heterocycles. The molecular weight excluding hydrogens is 368 g/mol. The number of sulfonamides is 1. The molecule has 3 rings (SSSR count). The van der Waals surface area contributed by atoms with E-state index in [9.17, 15) is 18.5 Å². The van der Waals surface area contributed by atoms with Crippen LogP contribution in [0.3, 0.4) is 0 Å². The van der Waals surface area contributed by atoms with Gasteiger partial charge in [0, 0.05) is 24.9 Å². The van der Waals surface area contributed by atoms with Crippen molar-refractivity contribution >= 4 is 15.7 Å². The molecule has 0 bridgehead atoms. The van der Waals surface area contributed by atoms with Gasteiger partial charge in [-0.15, -0.1) is 0 Å². The Labute approximate surface area is 156 Å². The highest BCUT2D eigenvalue weighted by atomic mass is 32.2. The Kier molecular flexibility index (Phi) is 5.33. The number of nitrogens with zero attached hydrogens (tertiary/aromatic N) is 3. The second-order valence-corrected chi connectivity index (χ2v) is 7.72. The summed E-state index contributed by atoms with van der Waals surface area (Å²) in [5.74, 6) is 0. The van der Waals surface area contributed by atoms with Gasteiger partial charge in [0.15, 0.2) is 0 Å². The van der Waals surface area contributed by atoms with Gasteiger partial charge in [0.2, 0.25) is 10.0 Å². The van der Waals surface area contributed by atoms with Gasteiger partial charge >= 0.3 is 0 Å². The van der Waals surface area contributed by atoms with Gasteiger partial charge in [0.1, 0.15) is 0 Å². The Hall–Kier alpha value is -3.04. The van der Waals surface area contributed by atoms with Crippen LogP contribution in [0.15, 0.2) is 65.8 Å². The number of nitro benzene ring substituents is 1. The van der Waals surface area contributed by atoms with E-state index in [1.54, 1.807) is 17.8 Å². The quantitative estimate of drug-likeness (QED) is 0.496. The van der Waals surface area contributed by atoms with Gasteiger partial charge in [-0.25, -0.2) is 17.8 Å². The van der Waals surface area contributed by atoms with Crippen molar-refractivity contribution in [3.63, 3.8) is 0 Å². The van der Waals surface area contributed by atoms with E-state index in [1.807, 2.05) is 36.5 Å². The average Bonchev–Trinajstić information content (AvgIpc) is 3.11. The summed E-state index contributed by atoms with van der Waals surface area (Å²) >= 11 is 0. The van der Waals surface area contributed by atoms with Crippen LogP contribution in [0.25, 0.3) is 5.69 Å². The normalized spacial score (nSPS) is 11.4. The molecule has 1 N–H and O–H groups in total. The van der Waals surface area contributed by atoms with Crippen molar-refractivity contribution in [3.8, 4) is 5.69 Å². The minimum Gasteiger partial charge on any atom is -0.258 e. The SMILES string of the molecule is Cc1ccc([N+](=O)[O-])cc1S(=O)(=O)NCCc1cnn(-c2ccccc2)c1. The molecule has 0 unspecified atom stereocenters. The van der Waals surface area contributed by atoms with Gasteiger partial charge in [-0.2, -0.15) is 5.10 Å². The van der Waals surface area contributed by atoms with Crippen molar-refractivity contribution in [3.05, 3.63) is 82.2 Å². The lowest BCUT2D eigenvalue weighted by Gasteiger charge is -2.08. The van der Waals surface area contributed by atoms with Crippen LogP contribution >= 0.6 is 0 Å². The standard InChI is InChI=1S/C18H18N4O4S/c1-14-7-8-17(22(23)24)11-18(14)27(25,26)20-10-9-15-12-19-21(13-15)16-5-3-2-4-6-16/h2-8,11-13,20H,9-10H2,1H3. The molecule has 0 atom stereocenters. The predicted octanol–water partition coefficient (Wildman–Crippen LogP) is 2.61. The molecule has 0 aliphatic heterocycles. The molecule has 140 valence electrons. The Morgan fingerprint density at radius 2 is 1.93 bits per heavy atom. The van der Waals surface area contributed by atoms with Gasteiger partial charge in [-0.3, -0.25) is 10.1 Å². The highest BCUT2D eigenvalue weighted by Gasteiger charge is 2.20. The molecule has 2 aromatic carbocycles. The molecule has 0 fully saturated rings. The molecule has 1 aromatic heterocycles. The molecule has 27 heavy (non-hydrogen) atoms. The van der Waals surface area contributed by atoms with Crippen molar-refractivity contribution in [2.75, 3.05) is 6.54 Å². The highest BCUT2D eigenvalue weighted by molar-refractivity contribution is 7.89. The van der Waals surface area contributed by atoms with Gasteiger partial charge in [-0.1, -0.05) is 24.3 Å². The summed E-state index contributed by atoms with van der Waals surface area (Å²) < 4.78 is 29.2. The van der Waals surface area contributed by atoms with Crippen LogP contribution in [0.1, 0.15) is 11.1 Å². The average molecular weight is 386 g/mol. The molecule has 0 radical (unpaired) electrons. The number of para-hydroxylation sites is 1. The van der Waals surface area contributed by atoms with E-state index in [4.69, 9.17) is 0 Å². The topological polar surface area (TPSA) is 107 Å². The molecule has 1 heterocycles. The van der Waals surface area contributed by atoms with Crippen molar-refractivity contribution in [1.29, 1.82) is 0 Å². The molecule has 0 aliphatic carbocycles. The van der Waals surface area contributed by atoms with E-state index < -0.39 is 14.9 Å². The van der Waals surface area contributed by atoms with E-state index >= 15 is 0 Å². The third-order valence-electron chi connectivity index (χ3n) is 4.03. The number of aromatic nitrogens is 2. The number of aryl methyl sites for hydroxylation is 1. The van der Waals surface area contributed by atoms with Gasteiger partial charge in [0.25, 0.3) is 5.69 Å². The number of nitrogens with one attached hydrogen (secondary N) is 1. The number of hydrogen-bond donors (Lipinski definition) is 1. The summed E-state index contributed by atoms with van der Waals surface area (Å²) in [4.78, 5) is 10.2. The summed E-state index contributed by atoms with van der Waals surface area (Å²) in [6.45, 7) is 1.76. The maximum atomic E-state index is 12.5. The minimum atomic E-state index is -3.84. The molecular formula is C18H18N4O4S. The first-order valence-corrected chi connectivity index (χ1v) is 9.69. The smallest absolute Gasteiger partial charge is 0.258 e. The highest BCUT2D eigenvalue weighted by Crippen LogP contribution is 2.21. The number of non-ortho nitro benzene ring substituents is 1. The van der Waals surface area contributed by atoms with E-state index in [0.717, 1.165) is 17.3 Å². The van der Waals surface area contributed by atoms with Crippen molar-refractivity contribution < 1.29 is 13.3 Å². The number of rotatable bonds is 7. The lowest BCUT2D eigenvalue weighted by molar-refractivity contribution is -0.385. The number of benzene rings is 2. The molecule has 9 heteroatoms. The third kappa shape index (κ3) is 4.39. The first-order valence-electron chi connectivity index (χ1n) is 8.20. The molecule has 0 saturated carbocycles. The summed E-state index contributed by atoms with van der Waals surface area (Å²) in [5, 5.41) is 15.2. The Morgan fingerprint density at radius 1 is 1.19 bits per heavy atom. The third-order valence-corrected chi connectivity index (χ3v) is 5.64. The van der Waals surface area contributed by atoms with Crippen LogP contribution in [0, 0.1) is 17.0 Å². The van der Waals surface area contributed by atoms with Crippen LogP contribution in [0.4, 0.5) is 5.69 Å². The van der Waals surface area contributed by atoms with Gasteiger partial charge in [-0.05, 0) is 36.6 Å². The van der Waals surface area contributed by atoms with Crippen LogP contribution in [0.2, 0.25) is 0 Å². The summed E-state index contributed by atoms with van der Waals surface area (Å²) in [6, 6.07) is 13.4. The van der Waals surface area contributed by atoms with Crippen molar-refractivity contribution in [2.45, 2.75) is 18.2 Å². The Morgan fingerprint density at radius 3 is 2.63 bits per heavy atom. The first kappa shape index (κ1) is 18.7. The minimum absolute atomic E-state index is 0.0864.